The fourth-order valence-electron chi connectivity index (χ4n) is 3.75. The van der Waals surface area contributed by atoms with Crippen molar-refractivity contribution in [3.8, 4) is 0 Å². The normalized spacial score (nSPS) is 17.6. The second-order valence-electron chi connectivity index (χ2n) is 7.89. The second-order valence-corrected chi connectivity index (χ2v) is 7.89. The van der Waals surface area contributed by atoms with Gasteiger partial charge in [-0.15, -0.1) is 0 Å². The molecule has 1 N–H and O–H groups in total. The van der Waals surface area contributed by atoms with Crippen molar-refractivity contribution in [2.24, 2.45) is 0 Å². The predicted octanol–water partition coefficient (Wildman–Crippen LogP) is 6.10. The van der Waals surface area contributed by atoms with Crippen molar-refractivity contribution in [1.29, 1.82) is 0 Å². The van der Waals surface area contributed by atoms with Gasteiger partial charge in [0.1, 0.15) is 5.78 Å². The van der Waals surface area contributed by atoms with Gasteiger partial charge in [0.05, 0.1) is 0 Å². The fourth-order valence-corrected chi connectivity index (χ4v) is 3.75. The lowest BCUT2D eigenvalue weighted by Gasteiger charge is -2.21. The van der Waals surface area contributed by atoms with E-state index in [1.54, 1.807) is 0 Å². The number of rotatable bonds is 15. The predicted molar refractivity (Wildman–Crippen MR) is 106 cm³/mol. The van der Waals surface area contributed by atoms with Crippen LogP contribution in [0, 0.1) is 0 Å². The van der Waals surface area contributed by atoms with Crippen molar-refractivity contribution >= 4 is 11.7 Å². The molecule has 0 aromatic carbocycles. The van der Waals surface area contributed by atoms with Gasteiger partial charge < -0.3 is 5.32 Å². The van der Waals surface area contributed by atoms with Crippen molar-refractivity contribution in [1.82, 2.24) is 5.32 Å². The van der Waals surface area contributed by atoms with Gasteiger partial charge >= 0.3 is 0 Å². The minimum absolute atomic E-state index is 0.107. The third-order valence-corrected chi connectivity index (χ3v) is 5.35. The molecule has 1 rings (SSSR count). The van der Waals surface area contributed by atoms with Gasteiger partial charge in [0.2, 0.25) is 5.91 Å². The van der Waals surface area contributed by atoms with Gasteiger partial charge in [-0.05, 0) is 19.3 Å². The Balaban J connectivity index is 1.80. The SMILES string of the molecule is CCCCCCCCCCCCCCCC(=O)NC1CCCC(=O)C1. The van der Waals surface area contributed by atoms with Crippen LogP contribution in [0.15, 0.2) is 0 Å². The van der Waals surface area contributed by atoms with Crippen LogP contribution in [0.1, 0.15) is 122 Å². The highest BCUT2D eigenvalue weighted by atomic mass is 16.2. The maximum atomic E-state index is 11.9. The first-order valence-electron chi connectivity index (χ1n) is 11.0. The summed E-state index contributed by atoms with van der Waals surface area (Å²) in [6, 6.07) is 0.107. The zero-order valence-electron chi connectivity index (χ0n) is 16.6. The quantitative estimate of drug-likeness (QED) is 0.363. The van der Waals surface area contributed by atoms with E-state index in [1.165, 1.54) is 70.6 Å². The number of carbonyl (C=O) groups is 2. The molecule has 3 heteroatoms. The summed E-state index contributed by atoms with van der Waals surface area (Å²) in [5.74, 6) is 0.445. The number of carbonyl (C=O) groups excluding carboxylic acids is 2. The summed E-state index contributed by atoms with van der Waals surface area (Å²) in [6.45, 7) is 2.27. The van der Waals surface area contributed by atoms with Crippen LogP contribution in [0.5, 0.6) is 0 Å². The second kappa shape index (κ2) is 15.4. The Morgan fingerprint density at radius 3 is 1.92 bits per heavy atom. The number of nitrogens with one attached hydrogen (secondary N) is 1. The Morgan fingerprint density at radius 1 is 0.880 bits per heavy atom. The number of ketones is 1. The molecule has 1 amide bonds. The topological polar surface area (TPSA) is 46.2 Å². The first-order valence-corrected chi connectivity index (χ1v) is 11.0. The van der Waals surface area contributed by atoms with Gasteiger partial charge in [-0.2, -0.15) is 0 Å². The summed E-state index contributed by atoms with van der Waals surface area (Å²) in [5.41, 5.74) is 0. The van der Waals surface area contributed by atoms with E-state index in [0.29, 0.717) is 25.0 Å². The maximum Gasteiger partial charge on any atom is 0.220 e. The molecule has 3 nitrogen and oxygen atoms in total. The molecule has 0 spiro atoms. The van der Waals surface area contributed by atoms with Gasteiger partial charge in [-0.1, -0.05) is 84.0 Å². The van der Waals surface area contributed by atoms with E-state index in [0.717, 1.165) is 25.7 Å². The van der Waals surface area contributed by atoms with Crippen LogP contribution in [0.4, 0.5) is 0 Å². The Morgan fingerprint density at radius 2 is 1.40 bits per heavy atom. The molecule has 1 saturated carbocycles. The van der Waals surface area contributed by atoms with Crippen molar-refractivity contribution in [3.63, 3.8) is 0 Å². The van der Waals surface area contributed by atoms with E-state index < -0.39 is 0 Å². The van der Waals surface area contributed by atoms with Crippen molar-refractivity contribution < 1.29 is 9.59 Å². The molecule has 1 aliphatic rings. The molecule has 25 heavy (non-hydrogen) atoms. The van der Waals surface area contributed by atoms with Crippen LogP contribution in [0.2, 0.25) is 0 Å². The van der Waals surface area contributed by atoms with Crippen LogP contribution in [0.3, 0.4) is 0 Å². The zero-order valence-corrected chi connectivity index (χ0v) is 16.6. The zero-order chi connectivity index (χ0) is 18.2. The fraction of sp³-hybridized carbons (Fsp3) is 0.909. The van der Waals surface area contributed by atoms with Gasteiger partial charge in [0.15, 0.2) is 0 Å². The molecule has 0 aromatic rings. The van der Waals surface area contributed by atoms with Crippen LogP contribution < -0.4 is 5.32 Å². The Bertz CT molecular complexity index is 354. The van der Waals surface area contributed by atoms with Crippen LogP contribution in [0.25, 0.3) is 0 Å². The third kappa shape index (κ3) is 13.1. The molecule has 1 aliphatic carbocycles. The number of Topliss-reactive ketones (excluding diaryl/α,β-unsaturated/α-hetero) is 1. The van der Waals surface area contributed by atoms with Crippen molar-refractivity contribution in [2.75, 3.05) is 0 Å². The minimum atomic E-state index is 0.107. The average Bonchev–Trinajstić information content (AvgIpc) is 2.59. The summed E-state index contributed by atoms with van der Waals surface area (Å²) < 4.78 is 0. The van der Waals surface area contributed by atoms with E-state index in [4.69, 9.17) is 0 Å². The van der Waals surface area contributed by atoms with Crippen molar-refractivity contribution in [2.45, 2.75) is 129 Å². The molecule has 0 radical (unpaired) electrons. The lowest BCUT2D eigenvalue weighted by atomic mass is 9.94. The standard InChI is InChI=1S/C22H41NO2/c1-2-3-4-5-6-7-8-9-10-11-12-13-14-18-22(25)23-20-16-15-17-21(24)19-20/h20H,2-19H2,1H3,(H,23,25). The van der Waals surface area contributed by atoms with Crippen LogP contribution in [-0.4, -0.2) is 17.7 Å². The lowest BCUT2D eigenvalue weighted by molar-refractivity contribution is -0.124. The molecule has 0 heterocycles. The smallest absolute Gasteiger partial charge is 0.220 e. The molecule has 0 bridgehead atoms. The van der Waals surface area contributed by atoms with E-state index in [1.807, 2.05) is 0 Å². The van der Waals surface area contributed by atoms with Crippen LogP contribution in [-0.2, 0) is 9.59 Å². The first kappa shape index (κ1) is 22.2. The average molecular weight is 352 g/mol. The summed E-state index contributed by atoms with van der Waals surface area (Å²) >= 11 is 0. The first-order chi connectivity index (χ1) is 12.2. The van der Waals surface area contributed by atoms with Gasteiger partial charge in [0.25, 0.3) is 0 Å². The van der Waals surface area contributed by atoms with Gasteiger partial charge in [-0.25, -0.2) is 0 Å². The Hall–Kier alpha value is -0.860. The molecule has 1 fully saturated rings. The Labute approximate surface area is 155 Å². The minimum Gasteiger partial charge on any atom is -0.353 e. The highest BCUT2D eigenvalue weighted by Gasteiger charge is 2.20. The molecule has 0 saturated heterocycles. The number of unbranched alkanes of at least 4 members (excludes halogenated alkanes) is 12. The van der Waals surface area contributed by atoms with E-state index in [2.05, 4.69) is 12.2 Å². The number of amides is 1. The van der Waals surface area contributed by atoms with Crippen LogP contribution >= 0.6 is 0 Å². The van der Waals surface area contributed by atoms with Gasteiger partial charge in [-0.3, -0.25) is 9.59 Å². The monoisotopic (exact) mass is 351 g/mol. The molecule has 0 aliphatic heterocycles. The summed E-state index contributed by atoms with van der Waals surface area (Å²) in [7, 11) is 0. The largest absolute Gasteiger partial charge is 0.353 e. The summed E-state index contributed by atoms with van der Waals surface area (Å²) in [4.78, 5) is 23.3. The van der Waals surface area contributed by atoms with E-state index in [-0.39, 0.29) is 11.9 Å². The highest BCUT2D eigenvalue weighted by Crippen LogP contribution is 2.15. The molecule has 1 unspecified atom stereocenters. The Kier molecular flexibility index (Phi) is 13.7. The van der Waals surface area contributed by atoms with Crippen molar-refractivity contribution in [3.05, 3.63) is 0 Å². The summed E-state index contributed by atoms with van der Waals surface area (Å²) in [6.07, 6.45) is 21.0. The van der Waals surface area contributed by atoms with E-state index >= 15 is 0 Å². The molecular formula is C22H41NO2. The summed E-state index contributed by atoms with van der Waals surface area (Å²) in [5, 5.41) is 3.03. The molecule has 146 valence electrons. The number of hydrogen-bond donors (Lipinski definition) is 1. The lowest BCUT2D eigenvalue weighted by Crippen LogP contribution is -2.38. The highest BCUT2D eigenvalue weighted by molar-refractivity contribution is 5.81. The van der Waals surface area contributed by atoms with Gasteiger partial charge in [0, 0.05) is 25.3 Å². The third-order valence-electron chi connectivity index (χ3n) is 5.35. The number of hydrogen-bond acceptors (Lipinski definition) is 2. The maximum absolute atomic E-state index is 11.9. The molecule has 1 atom stereocenters. The molecular weight excluding hydrogens is 310 g/mol. The molecule has 0 aromatic heterocycles. The van der Waals surface area contributed by atoms with E-state index in [9.17, 15) is 9.59 Å².